The smallest absolute Gasteiger partial charge is 0.0967 e. The lowest BCUT2D eigenvalue weighted by atomic mass is 9.98. The van der Waals surface area contributed by atoms with Crippen LogP contribution in [0.1, 0.15) is 52.4 Å². The van der Waals surface area contributed by atoms with Gasteiger partial charge in [-0.05, 0) is 45.4 Å². The van der Waals surface area contributed by atoms with Crippen LogP contribution < -0.4 is 5.32 Å². The third-order valence-electron chi connectivity index (χ3n) is 3.44. The second-order valence-corrected chi connectivity index (χ2v) is 5.26. The zero-order valence-electron chi connectivity index (χ0n) is 9.47. The van der Waals surface area contributed by atoms with Crippen LogP contribution in [0, 0.1) is 5.92 Å². The summed E-state index contributed by atoms with van der Waals surface area (Å²) < 4.78 is 0. The zero-order valence-corrected chi connectivity index (χ0v) is 9.47. The predicted molar refractivity (Wildman–Crippen MR) is 60.7 cm³/mol. The number of hydrogen-bond donors (Lipinski definition) is 1. The maximum Gasteiger partial charge on any atom is 0.0967 e. The van der Waals surface area contributed by atoms with Gasteiger partial charge in [0.05, 0.1) is 5.84 Å². The van der Waals surface area contributed by atoms with E-state index in [0.29, 0.717) is 0 Å². The Morgan fingerprint density at radius 3 is 2.71 bits per heavy atom. The highest BCUT2D eigenvalue weighted by atomic mass is 15.1. The highest BCUT2D eigenvalue weighted by molar-refractivity contribution is 5.83. The van der Waals surface area contributed by atoms with Crippen molar-refractivity contribution >= 4 is 5.84 Å². The van der Waals surface area contributed by atoms with E-state index in [0.717, 1.165) is 18.9 Å². The van der Waals surface area contributed by atoms with Crippen LogP contribution in [0.25, 0.3) is 0 Å². The van der Waals surface area contributed by atoms with Crippen LogP contribution in [0.3, 0.4) is 0 Å². The summed E-state index contributed by atoms with van der Waals surface area (Å²) in [5.41, 5.74) is 0.281. The lowest BCUT2D eigenvalue weighted by Gasteiger charge is -2.28. The van der Waals surface area contributed by atoms with E-state index in [1.54, 1.807) is 0 Å². The van der Waals surface area contributed by atoms with E-state index in [1.165, 1.54) is 37.9 Å². The van der Waals surface area contributed by atoms with Gasteiger partial charge in [0, 0.05) is 18.5 Å². The molecule has 0 saturated heterocycles. The minimum Gasteiger partial charge on any atom is -0.369 e. The number of amidine groups is 1. The summed E-state index contributed by atoms with van der Waals surface area (Å²) in [6.45, 7) is 5.67. The van der Waals surface area contributed by atoms with Crippen molar-refractivity contribution in [3.8, 4) is 0 Å². The summed E-state index contributed by atoms with van der Waals surface area (Å²) >= 11 is 0. The van der Waals surface area contributed by atoms with Crippen LogP contribution in [0.4, 0.5) is 0 Å². The van der Waals surface area contributed by atoms with E-state index in [2.05, 4.69) is 24.2 Å². The van der Waals surface area contributed by atoms with E-state index in [4.69, 9.17) is 0 Å². The highest BCUT2D eigenvalue weighted by Gasteiger charge is 2.38. The Labute approximate surface area is 87.2 Å². The van der Waals surface area contributed by atoms with Gasteiger partial charge in [0.15, 0.2) is 0 Å². The maximum absolute atomic E-state index is 4.62. The molecule has 0 amide bonds. The average Bonchev–Trinajstić information content (AvgIpc) is 2.90. The van der Waals surface area contributed by atoms with Gasteiger partial charge in [0.1, 0.15) is 0 Å². The average molecular weight is 194 g/mol. The number of aliphatic imine (C=N–C) groups is 1. The molecule has 1 aliphatic heterocycles. The molecule has 0 unspecified atom stereocenters. The third-order valence-corrected chi connectivity index (χ3v) is 3.44. The predicted octanol–water partition coefficient (Wildman–Crippen LogP) is 2.74. The molecule has 2 heteroatoms. The third kappa shape index (κ3) is 2.49. The van der Waals surface area contributed by atoms with Crippen molar-refractivity contribution < 1.29 is 0 Å². The standard InChI is InChI=1S/C12H22N2/c1-12(2,10-7-8-10)14-11-6-4-3-5-9-13-11/h10H,3-9H2,1-2H3,(H,13,14). The molecule has 1 N–H and O–H groups in total. The van der Waals surface area contributed by atoms with Gasteiger partial charge in [-0.3, -0.25) is 4.99 Å². The van der Waals surface area contributed by atoms with Gasteiger partial charge in [-0.25, -0.2) is 0 Å². The van der Waals surface area contributed by atoms with E-state index in [1.807, 2.05) is 0 Å². The fourth-order valence-electron chi connectivity index (χ4n) is 2.26. The van der Waals surface area contributed by atoms with Gasteiger partial charge in [0.2, 0.25) is 0 Å². The number of nitrogens with one attached hydrogen (secondary N) is 1. The van der Waals surface area contributed by atoms with Crippen LogP contribution in [0.15, 0.2) is 4.99 Å². The normalized spacial score (nSPS) is 24.0. The van der Waals surface area contributed by atoms with Gasteiger partial charge < -0.3 is 5.32 Å². The Morgan fingerprint density at radius 2 is 2.00 bits per heavy atom. The van der Waals surface area contributed by atoms with Gasteiger partial charge in [0.25, 0.3) is 0 Å². The van der Waals surface area contributed by atoms with E-state index >= 15 is 0 Å². The first-order valence-electron chi connectivity index (χ1n) is 6.00. The molecule has 2 aliphatic rings. The summed E-state index contributed by atoms with van der Waals surface area (Å²) in [4.78, 5) is 4.62. The molecule has 80 valence electrons. The van der Waals surface area contributed by atoms with Crippen LogP contribution in [-0.2, 0) is 0 Å². The first-order valence-corrected chi connectivity index (χ1v) is 6.00. The van der Waals surface area contributed by atoms with Crippen molar-refractivity contribution in [3.05, 3.63) is 0 Å². The zero-order chi connectivity index (χ0) is 10.0. The SMILES string of the molecule is CC(C)(NC1=NCCCCC1)C1CC1. The largest absolute Gasteiger partial charge is 0.369 e. The van der Waals surface area contributed by atoms with Crippen molar-refractivity contribution in [2.45, 2.75) is 57.9 Å². The van der Waals surface area contributed by atoms with Crippen LogP contribution in [0.2, 0.25) is 0 Å². The molecular weight excluding hydrogens is 172 g/mol. The van der Waals surface area contributed by atoms with Gasteiger partial charge >= 0.3 is 0 Å². The Balaban J connectivity index is 1.91. The van der Waals surface area contributed by atoms with Gasteiger partial charge in [-0.15, -0.1) is 0 Å². The molecule has 0 radical (unpaired) electrons. The van der Waals surface area contributed by atoms with Crippen molar-refractivity contribution in [2.24, 2.45) is 10.9 Å². The lowest BCUT2D eigenvalue weighted by molar-refractivity contribution is 0.398. The quantitative estimate of drug-likeness (QED) is 0.718. The Hall–Kier alpha value is -0.530. The van der Waals surface area contributed by atoms with Crippen molar-refractivity contribution in [1.82, 2.24) is 5.32 Å². The Morgan fingerprint density at radius 1 is 1.21 bits per heavy atom. The molecule has 0 bridgehead atoms. The van der Waals surface area contributed by atoms with Crippen molar-refractivity contribution in [1.29, 1.82) is 0 Å². The first-order chi connectivity index (χ1) is 6.68. The molecule has 0 aromatic carbocycles. The second kappa shape index (κ2) is 3.92. The number of hydrogen-bond acceptors (Lipinski definition) is 2. The minimum absolute atomic E-state index is 0.281. The molecule has 1 fully saturated rings. The minimum atomic E-state index is 0.281. The van der Waals surface area contributed by atoms with Crippen LogP contribution >= 0.6 is 0 Å². The fraction of sp³-hybridized carbons (Fsp3) is 0.917. The number of rotatable bonds is 2. The Bertz CT molecular complexity index is 226. The molecule has 1 heterocycles. The highest BCUT2D eigenvalue weighted by Crippen LogP contribution is 2.39. The molecule has 0 aromatic rings. The molecule has 1 saturated carbocycles. The summed E-state index contributed by atoms with van der Waals surface area (Å²) in [7, 11) is 0. The fourth-order valence-corrected chi connectivity index (χ4v) is 2.26. The summed E-state index contributed by atoms with van der Waals surface area (Å²) in [5, 5.41) is 3.65. The number of nitrogens with zero attached hydrogens (tertiary/aromatic N) is 1. The van der Waals surface area contributed by atoms with Crippen LogP contribution in [0.5, 0.6) is 0 Å². The van der Waals surface area contributed by atoms with E-state index < -0.39 is 0 Å². The summed E-state index contributed by atoms with van der Waals surface area (Å²) in [6, 6.07) is 0. The summed E-state index contributed by atoms with van der Waals surface area (Å²) in [5.74, 6) is 2.15. The second-order valence-electron chi connectivity index (χ2n) is 5.26. The van der Waals surface area contributed by atoms with Gasteiger partial charge in [-0.1, -0.05) is 6.42 Å². The van der Waals surface area contributed by atoms with Crippen molar-refractivity contribution in [3.63, 3.8) is 0 Å². The molecule has 0 spiro atoms. The molecule has 0 aromatic heterocycles. The van der Waals surface area contributed by atoms with Gasteiger partial charge in [-0.2, -0.15) is 0 Å². The van der Waals surface area contributed by atoms with Crippen LogP contribution in [-0.4, -0.2) is 17.9 Å². The topological polar surface area (TPSA) is 24.4 Å². The van der Waals surface area contributed by atoms with E-state index in [9.17, 15) is 0 Å². The molecule has 2 rings (SSSR count). The molecule has 1 aliphatic carbocycles. The van der Waals surface area contributed by atoms with Crippen molar-refractivity contribution in [2.75, 3.05) is 6.54 Å². The Kier molecular flexibility index (Phi) is 2.80. The molecule has 14 heavy (non-hydrogen) atoms. The van der Waals surface area contributed by atoms with E-state index in [-0.39, 0.29) is 5.54 Å². The lowest BCUT2D eigenvalue weighted by Crippen LogP contribution is -2.45. The molecule has 2 nitrogen and oxygen atoms in total. The monoisotopic (exact) mass is 194 g/mol. The summed E-state index contributed by atoms with van der Waals surface area (Å²) in [6.07, 6.45) is 7.89. The molecular formula is C12H22N2. The molecule has 0 atom stereocenters. The first kappa shape index (κ1) is 10.0. The maximum atomic E-state index is 4.62.